The van der Waals surface area contributed by atoms with Gasteiger partial charge in [0, 0.05) is 58.2 Å². The molecule has 0 spiro atoms. The van der Waals surface area contributed by atoms with Gasteiger partial charge in [0.1, 0.15) is 0 Å². The summed E-state index contributed by atoms with van der Waals surface area (Å²) in [6.07, 6.45) is 7.08. The maximum Gasteiger partial charge on any atom is 0.0887 e. The fraction of sp³-hybridized carbons (Fsp3) is 0.167. The van der Waals surface area contributed by atoms with Gasteiger partial charge in [-0.3, -0.25) is 19.9 Å². The van der Waals surface area contributed by atoms with Crippen molar-refractivity contribution < 1.29 is 0 Å². The van der Waals surface area contributed by atoms with E-state index in [1.807, 2.05) is 72.8 Å². The van der Waals surface area contributed by atoms with Gasteiger partial charge in [0.05, 0.1) is 22.8 Å². The van der Waals surface area contributed by atoms with Crippen molar-refractivity contribution in [2.75, 3.05) is 0 Å². The van der Waals surface area contributed by atoms with E-state index in [0.29, 0.717) is 0 Å². The number of pyridine rings is 4. The van der Waals surface area contributed by atoms with Crippen molar-refractivity contribution in [3.63, 3.8) is 0 Å². The van der Waals surface area contributed by atoms with Crippen molar-refractivity contribution in [1.82, 2.24) is 19.9 Å². The number of rotatable bonds is 2. The summed E-state index contributed by atoms with van der Waals surface area (Å²) in [6.45, 7) is 13.1. The summed E-state index contributed by atoms with van der Waals surface area (Å²) in [5.41, 5.74) is 10.5. The van der Waals surface area contributed by atoms with E-state index in [0.717, 1.165) is 56.2 Å². The van der Waals surface area contributed by atoms with Crippen LogP contribution in [-0.2, 0) is 10.8 Å². The Bertz CT molecular complexity index is 2280. The molecule has 0 bridgehead atoms. The quantitative estimate of drug-likeness (QED) is 0.172. The van der Waals surface area contributed by atoms with Crippen molar-refractivity contribution in [2.24, 2.45) is 0 Å². The zero-order valence-electron chi connectivity index (χ0n) is 30.3. The predicted octanol–water partition coefficient (Wildman–Crippen LogP) is 9.40. The van der Waals surface area contributed by atoms with Crippen LogP contribution in [0.4, 0.5) is 0 Å². The third-order valence-electron chi connectivity index (χ3n) is 8.29. The van der Waals surface area contributed by atoms with Crippen LogP contribution in [0, 0.1) is 47.4 Å². The number of benzene rings is 2. The Morgan fingerprint density at radius 3 is 1.15 bits per heavy atom. The Kier molecular flexibility index (Phi) is 10.4. The van der Waals surface area contributed by atoms with Gasteiger partial charge in [0.15, 0.2) is 0 Å². The first-order chi connectivity index (χ1) is 25.0. The molecular formula is C48H38N4. The average molecular weight is 671 g/mol. The highest BCUT2D eigenvalue weighted by Gasteiger charge is 2.16. The molecule has 0 saturated carbocycles. The molecule has 0 saturated heterocycles. The molecule has 0 fully saturated rings. The van der Waals surface area contributed by atoms with E-state index >= 15 is 0 Å². The molecule has 0 amide bonds. The second-order valence-electron chi connectivity index (χ2n) is 14.3. The van der Waals surface area contributed by atoms with Crippen LogP contribution in [-0.4, -0.2) is 19.9 Å². The normalized spacial score (nSPS) is 10.7. The Labute approximate surface area is 307 Å². The third kappa shape index (κ3) is 9.09. The van der Waals surface area contributed by atoms with Crippen LogP contribution in [0.2, 0.25) is 0 Å². The molecule has 0 aliphatic heterocycles. The lowest BCUT2D eigenvalue weighted by Crippen LogP contribution is -2.11. The first kappa shape index (κ1) is 35.1. The Balaban J connectivity index is 1.29. The Hall–Kier alpha value is -6.72. The maximum absolute atomic E-state index is 4.57. The molecule has 0 aliphatic rings. The first-order valence-corrected chi connectivity index (χ1v) is 17.1. The van der Waals surface area contributed by atoms with E-state index in [9.17, 15) is 0 Å². The number of nitrogens with zero attached hydrogens (tertiary/aromatic N) is 4. The van der Waals surface area contributed by atoms with Gasteiger partial charge in [0.2, 0.25) is 0 Å². The smallest absolute Gasteiger partial charge is 0.0887 e. The van der Waals surface area contributed by atoms with Gasteiger partial charge in [-0.05, 0) is 107 Å². The Morgan fingerprint density at radius 1 is 0.385 bits per heavy atom. The molecule has 4 nitrogen and oxygen atoms in total. The molecule has 52 heavy (non-hydrogen) atoms. The summed E-state index contributed by atoms with van der Waals surface area (Å²) in [5, 5.41) is 0. The number of aromatic nitrogens is 4. The van der Waals surface area contributed by atoms with Crippen LogP contribution in [0.5, 0.6) is 0 Å². The zero-order chi connectivity index (χ0) is 36.6. The molecule has 6 rings (SSSR count). The standard InChI is InChI=1S/C48H38N4/c1-47(2,3)41-25-23-37(39(31-41)21-17-35-19-27-45(51-33-35)43-15-9-11-29-49-43)13-7-8-14-38-24-26-42(48(4,5)6)32-40(38)22-18-36-20-28-46(52-34-36)44-16-10-12-30-50-44/h9-12,15-16,19-20,23-34H,1-6H3. The van der Waals surface area contributed by atoms with E-state index in [-0.39, 0.29) is 10.8 Å². The van der Waals surface area contributed by atoms with Crippen LogP contribution in [0.3, 0.4) is 0 Å². The predicted molar refractivity (Wildman–Crippen MR) is 211 cm³/mol. The average Bonchev–Trinajstić information content (AvgIpc) is 3.15. The highest BCUT2D eigenvalue weighted by molar-refractivity contribution is 5.60. The largest absolute Gasteiger partial charge is 0.255 e. The van der Waals surface area contributed by atoms with Gasteiger partial charge in [0.25, 0.3) is 0 Å². The first-order valence-electron chi connectivity index (χ1n) is 17.1. The van der Waals surface area contributed by atoms with Gasteiger partial charge < -0.3 is 0 Å². The van der Waals surface area contributed by atoms with Gasteiger partial charge >= 0.3 is 0 Å². The van der Waals surface area contributed by atoms with Crippen molar-refractivity contribution in [3.05, 3.63) is 166 Å². The molecule has 4 aromatic heterocycles. The Morgan fingerprint density at radius 2 is 0.808 bits per heavy atom. The second-order valence-corrected chi connectivity index (χ2v) is 14.3. The highest BCUT2D eigenvalue weighted by atomic mass is 14.8. The number of hydrogen-bond donors (Lipinski definition) is 0. The van der Waals surface area contributed by atoms with Gasteiger partial charge in [-0.15, -0.1) is 0 Å². The van der Waals surface area contributed by atoms with Gasteiger partial charge in [-0.1, -0.05) is 101 Å². The van der Waals surface area contributed by atoms with Crippen LogP contribution in [0.25, 0.3) is 22.8 Å². The lowest BCUT2D eigenvalue weighted by atomic mass is 9.85. The molecule has 250 valence electrons. The summed E-state index contributed by atoms with van der Waals surface area (Å²) in [5.74, 6) is 25.9. The molecule has 0 atom stereocenters. The van der Waals surface area contributed by atoms with Crippen LogP contribution in [0.1, 0.15) is 86.1 Å². The summed E-state index contributed by atoms with van der Waals surface area (Å²) in [7, 11) is 0. The summed E-state index contributed by atoms with van der Waals surface area (Å²) in [6, 6.07) is 31.9. The van der Waals surface area contributed by atoms with Crippen molar-refractivity contribution in [1.29, 1.82) is 0 Å². The fourth-order valence-electron chi connectivity index (χ4n) is 5.19. The fourth-order valence-corrected chi connectivity index (χ4v) is 5.19. The maximum atomic E-state index is 4.57. The molecule has 0 radical (unpaired) electrons. The van der Waals surface area contributed by atoms with E-state index in [2.05, 4.69) is 133 Å². The lowest BCUT2D eigenvalue weighted by Gasteiger charge is -2.19. The van der Waals surface area contributed by atoms with E-state index in [1.54, 1.807) is 24.8 Å². The minimum atomic E-state index is -0.0397. The second kappa shape index (κ2) is 15.4. The van der Waals surface area contributed by atoms with E-state index in [1.165, 1.54) is 11.1 Å². The van der Waals surface area contributed by atoms with Crippen molar-refractivity contribution in [2.45, 2.75) is 52.4 Å². The number of hydrogen-bond acceptors (Lipinski definition) is 4. The van der Waals surface area contributed by atoms with Gasteiger partial charge in [-0.25, -0.2) is 0 Å². The van der Waals surface area contributed by atoms with E-state index in [4.69, 9.17) is 0 Å². The summed E-state index contributed by atoms with van der Waals surface area (Å²) >= 11 is 0. The molecule has 4 heteroatoms. The lowest BCUT2D eigenvalue weighted by molar-refractivity contribution is 0.590. The molecule has 2 aromatic carbocycles. The summed E-state index contributed by atoms with van der Waals surface area (Å²) in [4.78, 5) is 17.9. The SMILES string of the molecule is CC(C)(C)c1ccc(C#CC#Cc2ccc(C(C)(C)C)cc2C#Cc2ccc(-c3ccccn3)nc2)c(C#Cc2ccc(-c3ccccn3)nc2)c1. The van der Waals surface area contributed by atoms with Crippen LogP contribution in [0.15, 0.2) is 122 Å². The molecule has 6 aromatic rings. The third-order valence-corrected chi connectivity index (χ3v) is 8.29. The molecule has 0 unspecified atom stereocenters. The van der Waals surface area contributed by atoms with Crippen molar-refractivity contribution >= 4 is 0 Å². The van der Waals surface area contributed by atoms with Crippen LogP contribution < -0.4 is 0 Å². The minimum Gasteiger partial charge on any atom is -0.255 e. The molecule has 0 aliphatic carbocycles. The highest BCUT2D eigenvalue weighted by Crippen LogP contribution is 2.26. The van der Waals surface area contributed by atoms with Crippen molar-refractivity contribution in [3.8, 4) is 70.1 Å². The monoisotopic (exact) mass is 670 g/mol. The minimum absolute atomic E-state index is 0.0397. The molecule has 0 N–H and O–H groups in total. The zero-order valence-corrected chi connectivity index (χ0v) is 30.3. The molecule has 4 heterocycles. The summed E-state index contributed by atoms with van der Waals surface area (Å²) < 4.78 is 0. The van der Waals surface area contributed by atoms with Crippen LogP contribution >= 0.6 is 0 Å². The molecular weight excluding hydrogens is 633 g/mol. The topological polar surface area (TPSA) is 51.6 Å². The van der Waals surface area contributed by atoms with E-state index < -0.39 is 0 Å². The van der Waals surface area contributed by atoms with Gasteiger partial charge in [-0.2, -0.15) is 0 Å².